The van der Waals surface area contributed by atoms with E-state index in [1.54, 1.807) is 24.3 Å². The predicted molar refractivity (Wildman–Crippen MR) is 141 cm³/mol. The molecule has 12 heteroatoms. The lowest BCUT2D eigenvalue weighted by Crippen LogP contribution is -2.34. The fraction of sp³-hybridized carbons (Fsp3) is 0.0417. The first-order valence-corrected chi connectivity index (χ1v) is 13.3. The summed E-state index contributed by atoms with van der Waals surface area (Å²) in [5.41, 5.74) is 2.84. The SMILES string of the molecule is O=C(CNS(=O)(=O)c1ccc(Cl)cc1)N/N=C\c1ccc(OC(=O)c2sc3ccccc3c2Cl)cc1. The van der Waals surface area contributed by atoms with Gasteiger partial charge in [0.25, 0.3) is 5.91 Å². The number of carbonyl (C=O) groups excluding carboxylic acids is 2. The Morgan fingerprint density at radius 2 is 1.67 bits per heavy atom. The van der Waals surface area contributed by atoms with Crippen molar-refractivity contribution in [1.82, 2.24) is 10.1 Å². The third-order valence-electron chi connectivity index (χ3n) is 4.76. The number of hydrazone groups is 1. The van der Waals surface area contributed by atoms with Gasteiger partial charge in [0.05, 0.1) is 22.7 Å². The van der Waals surface area contributed by atoms with Gasteiger partial charge in [0.1, 0.15) is 10.6 Å². The third kappa shape index (κ3) is 6.28. The minimum Gasteiger partial charge on any atom is -0.422 e. The van der Waals surface area contributed by atoms with Crippen molar-refractivity contribution in [2.45, 2.75) is 4.90 Å². The van der Waals surface area contributed by atoms with Crippen molar-refractivity contribution in [3.8, 4) is 5.75 Å². The topological polar surface area (TPSA) is 114 Å². The molecule has 2 N–H and O–H groups in total. The highest BCUT2D eigenvalue weighted by molar-refractivity contribution is 7.89. The highest BCUT2D eigenvalue weighted by atomic mass is 35.5. The molecule has 4 aromatic rings. The summed E-state index contributed by atoms with van der Waals surface area (Å²) in [4.78, 5) is 24.8. The molecule has 8 nitrogen and oxygen atoms in total. The molecule has 3 aromatic carbocycles. The summed E-state index contributed by atoms with van der Waals surface area (Å²) in [6.45, 7) is -0.503. The van der Waals surface area contributed by atoms with Crippen LogP contribution in [-0.2, 0) is 14.8 Å². The molecule has 0 aliphatic carbocycles. The Balaban J connectivity index is 1.29. The number of nitrogens with zero attached hydrogens (tertiary/aromatic N) is 1. The largest absolute Gasteiger partial charge is 0.422 e. The molecule has 1 heterocycles. The van der Waals surface area contributed by atoms with Crippen LogP contribution in [-0.4, -0.2) is 33.1 Å². The lowest BCUT2D eigenvalue weighted by molar-refractivity contribution is -0.119. The van der Waals surface area contributed by atoms with E-state index in [9.17, 15) is 18.0 Å². The molecule has 0 radical (unpaired) electrons. The number of nitrogens with one attached hydrogen (secondary N) is 2. The quantitative estimate of drug-likeness (QED) is 0.138. The molecule has 0 aliphatic rings. The van der Waals surface area contributed by atoms with E-state index in [0.29, 0.717) is 26.2 Å². The van der Waals surface area contributed by atoms with Crippen molar-refractivity contribution in [3.05, 3.63) is 93.3 Å². The maximum absolute atomic E-state index is 12.5. The van der Waals surface area contributed by atoms with Gasteiger partial charge < -0.3 is 4.74 Å². The maximum Gasteiger partial charge on any atom is 0.355 e. The molecule has 36 heavy (non-hydrogen) atoms. The molecular weight excluding hydrogens is 545 g/mol. The smallest absolute Gasteiger partial charge is 0.355 e. The first-order valence-electron chi connectivity index (χ1n) is 10.3. The summed E-state index contributed by atoms with van der Waals surface area (Å²) < 4.78 is 32.9. The number of ether oxygens (including phenoxy) is 1. The fourth-order valence-electron chi connectivity index (χ4n) is 3.00. The Hall–Kier alpha value is -3.28. The Labute approximate surface area is 220 Å². The minimum atomic E-state index is -3.87. The second-order valence-corrected chi connectivity index (χ2v) is 10.9. The molecule has 0 spiro atoms. The number of thiophene rings is 1. The molecule has 0 aliphatic heterocycles. The van der Waals surface area contributed by atoms with Crippen LogP contribution >= 0.6 is 34.5 Å². The van der Waals surface area contributed by atoms with Crippen LogP contribution in [0.5, 0.6) is 5.75 Å². The second kappa shape index (κ2) is 11.2. The summed E-state index contributed by atoms with van der Waals surface area (Å²) in [7, 11) is -3.87. The van der Waals surface area contributed by atoms with Crippen molar-refractivity contribution < 1.29 is 22.7 Å². The van der Waals surface area contributed by atoms with Crippen LogP contribution in [0.4, 0.5) is 0 Å². The Kier molecular flexibility index (Phi) is 8.02. The fourth-order valence-corrected chi connectivity index (χ4v) is 5.49. The van der Waals surface area contributed by atoms with Gasteiger partial charge in [-0.15, -0.1) is 11.3 Å². The van der Waals surface area contributed by atoms with Crippen molar-refractivity contribution in [3.63, 3.8) is 0 Å². The molecular formula is C24H17Cl2N3O5S2. The molecule has 184 valence electrons. The van der Waals surface area contributed by atoms with Gasteiger partial charge in [0.2, 0.25) is 10.0 Å². The molecule has 1 aromatic heterocycles. The number of esters is 1. The first kappa shape index (κ1) is 25.8. The maximum atomic E-state index is 12.5. The number of sulfonamides is 1. The van der Waals surface area contributed by atoms with Gasteiger partial charge in [-0.1, -0.05) is 41.4 Å². The number of halogens is 2. The number of fused-ring (bicyclic) bond motifs is 1. The van der Waals surface area contributed by atoms with Crippen LogP contribution in [0.1, 0.15) is 15.2 Å². The molecule has 0 fully saturated rings. The molecule has 0 unspecified atom stereocenters. The minimum absolute atomic E-state index is 0.0152. The van der Waals surface area contributed by atoms with Gasteiger partial charge in [-0.2, -0.15) is 5.10 Å². The molecule has 4 rings (SSSR count). The average molecular weight is 562 g/mol. The summed E-state index contributed by atoms with van der Waals surface area (Å²) in [6, 6.07) is 19.4. The van der Waals surface area contributed by atoms with Crippen molar-refractivity contribution in [2.75, 3.05) is 6.54 Å². The molecule has 0 atom stereocenters. The highest BCUT2D eigenvalue weighted by Gasteiger charge is 2.19. The molecule has 1 amide bonds. The van der Waals surface area contributed by atoms with Gasteiger partial charge >= 0.3 is 5.97 Å². The van der Waals surface area contributed by atoms with Crippen LogP contribution in [0, 0.1) is 0 Å². The zero-order chi connectivity index (χ0) is 25.7. The van der Waals surface area contributed by atoms with E-state index in [0.717, 1.165) is 10.1 Å². The predicted octanol–water partition coefficient (Wildman–Crippen LogP) is 4.86. The Morgan fingerprint density at radius 3 is 2.36 bits per heavy atom. The number of benzene rings is 3. The van der Waals surface area contributed by atoms with E-state index in [1.807, 2.05) is 24.3 Å². The first-order chi connectivity index (χ1) is 17.2. The lowest BCUT2D eigenvalue weighted by atomic mass is 10.2. The second-order valence-electron chi connectivity index (χ2n) is 7.27. The highest BCUT2D eigenvalue weighted by Crippen LogP contribution is 2.35. The van der Waals surface area contributed by atoms with E-state index >= 15 is 0 Å². The molecule has 0 saturated carbocycles. The summed E-state index contributed by atoms with van der Waals surface area (Å²) in [5, 5.41) is 5.35. The van der Waals surface area contributed by atoms with Crippen molar-refractivity contribution in [1.29, 1.82) is 0 Å². The number of rotatable bonds is 8. The standard InChI is InChI=1S/C24H17Cl2N3O5S2/c25-16-7-11-18(12-8-16)36(32,33)28-14-21(30)29-27-13-15-5-9-17(10-6-15)34-24(31)23-22(26)19-3-1-2-4-20(19)35-23/h1-13,28H,14H2,(H,29,30)/b27-13-. The molecule has 0 saturated heterocycles. The van der Waals surface area contributed by atoms with Gasteiger partial charge in [0, 0.05) is 15.1 Å². The average Bonchev–Trinajstić information content (AvgIpc) is 3.21. The number of carbonyl (C=O) groups is 2. The van der Waals surface area contributed by atoms with E-state index in [2.05, 4.69) is 15.2 Å². The van der Waals surface area contributed by atoms with Crippen LogP contribution in [0.15, 0.2) is 82.8 Å². The lowest BCUT2D eigenvalue weighted by Gasteiger charge is -2.06. The Morgan fingerprint density at radius 1 is 0.972 bits per heavy atom. The Bertz CT molecular complexity index is 1550. The third-order valence-corrected chi connectivity index (χ3v) is 8.09. The van der Waals surface area contributed by atoms with E-state index < -0.39 is 28.4 Å². The summed E-state index contributed by atoms with van der Waals surface area (Å²) in [5.74, 6) is -0.906. The number of hydrogen-bond acceptors (Lipinski definition) is 7. The zero-order valence-corrected chi connectivity index (χ0v) is 21.4. The zero-order valence-electron chi connectivity index (χ0n) is 18.3. The van der Waals surface area contributed by atoms with Crippen LogP contribution in [0.2, 0.25) is 10.0 Å². The van der Waals surface area contributed by atoms with Crippen molar-refractivity contribution in [2.24, 2.45) is 5.10 Å². The van der Waals surface area contributed by atoms with Crippen LogP contribution in [0.25, 0.3) is 10.1 Å². The van der Waals surface area contributed by atoms with Crippen molar-refractivity contribution >= 4 is 72.7 Å². The monoisotopic (exact) mass is 561 g/mol. The van der Waals surface area contributed by atoms with E-state index in [4.69, 9.17) is 27.9 Å². The number of hydrogen-bond donors (Lipinski definition) is 2. The van der Waals surface area contributed by atoms with E-state index in [1.165, 1.54) is 41.8 Å². The van der Waals surface area contributed by atoms with Crippen LogP contribution < -0.4 is 14.9 Å². The van der Waals surface area contributed by atoms with Gasteiger partial charge in [-0.3, -0.25) is 4.79 Å². The normalized spacial score (nSPS) is 11.6. The summed E-state index contributed by atoms with van der Waals surface area (Å²) >= 11 is 13.3. The van der Waals surface area contributed by atoms with E-state index in [-0.39, 0.29) is 4.90 Å². The summed E-state index contributed by atoms with van der Waals surface area (Å²) in [6.07, 6.45) is 1.36. The van der Waals surface area contributed by atoms with Gasteiger partial charge in [-0.25, -0.2) is 23.4 Å². The van der Waals surface area contributed by atoms with Gasteiger partial charge in [0.15, 0.2) is 0 Å². The van der Waals surface area contributed by atoms with Gasteiger partial charge in [-0.05, 0) is 60.2 Å². The number of amides is 1. The molecule has 0 bridgehead atoms. The van der Waals surface area contributed by atoms with Crippen LogP contribution in [0.3, 0.4) is 0 Å².